The molecule has 2 heterocycles. The standard InChI is InChI=1S/C16H21N3O3S/c1-5-19(9-13(20)18-16(2,3)4)15(21)11-10-23-14(17-11)12-7-6-8-22-12/h6-8,10H,5,9H2,1-4H3,(H,18,20). The molecule has 7 heteroatoms. The van der Waals surface area contributed by atoms with Crippen LogP contribution in [0, 0.1) is 0 Å². The minimum Gasteiger partial charge on any atom is -0.462 e. The molecule has 124 valence electrons. The minimum atomic E-state index is -0.327. The molecule has 23 heavy (non-hydrogen) atoms. The molecule has 0 bridgehead atoms. The Bertz CT molecular complexity index is 671. The molecule has 2 rings (SSSR count). The van der Waals surface area contributed by atoms with E-state index in [1.54, 1.807) is 23.8 Å². The van der Waals surface area contributed by atoms with Crippen molar-refractivity contribution in [1.82, 2.24) is 15.2 Å². The van der Waals surface area contributed by atoms with E-state index in [2.05, 4.69) is 10.3 Å². The number of carbonyl (C=O) groups excluding carboxylic acids is 2. The van der Waals surface area contributed by atoms with Crippen LogP contribution in [-0.2, 0) is 4.79 Å². The average molecular weight is 335 g/mol. The van der Waals surface area contributed by atoms with Crippen LogP contribution < -0.4 is 5.32 Å². The molecule has 0 radical (unpaired) electrons. The van der Waals surface area contributed by atoms with Gasteiger partial charge in [-0.1, -0.05) is 0 Å². The number of furan rings is 1. The molecule has 0 atom stereocenters. The number of carbonyl (C=O) groups is 2. The lowest BCUT2D eigenvalue weighted by Crippen LogP contribution is -2.47. The topological polar surface area (TPSA) is 75.4 Å². The molecular formula is C16H21N3O3S. The second-order valence-corrected chi connectivity index (χ2v) is 6.99. The summed E-state index contributed by atoms with van der Waals surface area (Å²) >= 11 is 1.34. The van der Waals surface area contributed by atoms with E-state index in [-0.39, 0.29) is 23.9 Å². The van der Waals surface area contributed by atoms with E-state index in [9.17, 15) is 9.59 Å². The van der Waals surface area contributed by atoms with Gasteiger partial charge in [0.15, 0.2) is 10.8 Å². The van der Waals surface area contributed by atoms with E-state index >= 15 is 0 Å². The summed E-state index contributed by atoms with van der Waals surface area (Å²) in [7, 11) is 0. The van der Waals surface area contributed by atoms with Crippen LogP contribution in [0.5, 0.6) is 0 Å². The molecule has 1 N–H and O–H groups in total. The van der Waals surface area contributed by atoms with Gasteiger partial charge in [-0.25, -0.2) is 4.98 Å². The van der Waals surface area contributed by atoms with Crippen molar-refractivity contribution in [2.75, 3.05) is 13.1 Å². The summed E-state index contributed by atoms with van der Waals surface area (Å²) in [4.78, 5) is 30.3. The van der Waals surface area contributed by atoms with E-state index in [1.807, 2.05) is 27.7 Å². The molecule has 2 aromatic heterocycles. The first-order valence-electron chi connectivity index (χ1n) is 7.40. The van der Waals surface area contributed by atoms with E-state index in [0.717, 1.165) is 0 Å². The molecule has 0 aliphatic heterocycles. The lowest BCUT2D eigenvalue weighted by molar-refractivity contribution is -0.123. The Kier molecular flexibility index (Phi) is 5.20. The Hall–Kier alpha value is -2.15. The molecule has 0 aliphatic rings. The van der Waals surface area contributed by atoms with Gasteiger partial charge in [0.1, 0.15) is 5.69 Å². The van der Waals surface area contributed by atoms with Gasteiger partial charge >= 0.3 is 0 Å². The smallest absolute Gasteiger partial charge is 0.273 e. The normalized spacial score (nSPS) is 11.3. The van der Waals surface area contributed by atoms with Gasteiger partial charge < -0.3 is 14.6 Å². The van der Waals surface area contributed by atoms with Gasteiger partial charge in [-0.2, -0.15) is 0 Å². The van der Waals surface area contributed by atoms with Gasteiger partial charge in [0, 0.05) is 17.5 Å². The molecule has 0 aliphatic carbocycles. The van der Waals surface area contributed by atoms with E-state index in [4.69, 9.17) is 4.42 Å². The van der Waals surface area contributed by atoms with Crippen LogP contribution in [0.2, 0.25) is 0 Å². The van der Waals surface area contributed by atoms with Crippen LogP contribution in [0.3, 0.4) is 0 Å². The van der Waals surface area contributed by atoms with Crippen LogP contribution >= 0.6 is 11.3 Å². The van der Waals surface area contributed by atoms with E-state index < -0.39 is 0 Å². The summed E-state index contributed by atoms with van der Waals surface area (Å²) in [6.07, 6.45) is 1.56. The number of rotatable bonds is 5. The van der Waals surface area contributed by atoms with Gasteiger partial charge in [-0.3, -0.25) is 9.59 Å². The third-order valence-electron chi connectivity index (χ3n) is 2.97. The highest BCUT2D eigenvalue weighted by Crippen LogP contribution is 2.24. The largest absolute Gasteiger partial charge is 0.462 e. The van der Waals surface area contributed by atoms with Gasteiger partial charge in [0.05, 0.1) is 12.8 Å². The third kappa shape index (κ3) is 4.66. The van der Waals surface area contributed by atoms with Gasteiger partial charge in [0.2, 0.25) is 5.91 Å². The fourth-order valence-electron chi connectivity index (χ4n) is 2.01. The van der Waals surface area contributed by atoms with Crippen molar-refractivity contribution in [3.05, 3.63) is 29.5 Å². The average Bonchev–Trinajstić information content (AvgIpc) is 3.11. The lowest BCUT2D eigenvalue weighted by Gasteiger charge is -2.24. The highest BCUT2D eigenvalue weighted by atomic mass is 32.1. The maximum Gasteiger partial charge on any atom is 0.273 e. The van der Waals surface area contributed by atoms with Gasteiger partial charge in [0.25, 0.3) is 5.91 Å². The van der Waals surface area contributed by atoms with Crippen LogP contribution in [0.15, 0.2) is 28.2 Å². The Balaban J connectivity index is 2.06. The summed E-state index contributed by atoms with van der Waals surface area (Å²) in [5.41, 5.74) is -0.00101. The first-order chi connectivity index (χ1) is 10.8. The first-order valence-corrected chi connectivity index (χ1v) is 8.28. The number of nitrogens with one attached hydrogen (secondary N) is 1. The quantitative estimate of drug-likeness (QED) is 0.911. The van der Waals surface area contributed by atoms with Gasteiger partial charge in [-0.15, -0.1) is 11.3 Å². The first kappa shape index (κ1) is 17.2. The Morgan fingerprint density at radius 1 is 1.39 bits per heavy atom. The Morgan fingerprint density at radius 2 is 2.13 bits per heavy atom. The summed E-state index contributed by atoms with van der Waals surface area (Å²) in [5.74, 6) is 0.183. The zero-order valence-corrected chi connectivity index (χ0v) is 14.6. The Morgan fingerprint density at radius 3 is 2.70 bits per heavy atom. The van der Waals surface area contributed by atoms with Crippen molar-refractivity contribution >= 4 is 23.2 Å². The summed E-state index contributed by atoms with van der Waals surface area (Å²) in [6, 6.07) is 3.56. The van der Waals surface area contributed by atoms with Crippen LogP contribution in [0.4, 0.5) is 0 Å². The minimum absolute atomic E-state index is 0.0141. The number of likely N-dealkylation sites (N-methyl/N-ethyl adjacent to an activating group) is 1. The summed E-state index contributed by atoms with van der Waals surface area (Å²) < 4.78 is 5.28. The molecule has 0 saturated heterocycles. The number of amides is 2. The zero-order chi connectivity index (χ0) is 17.0. The monoisotopic (exact) mass is 335 g/mol. The molecule has 2 aromatic rings. The molecule has 0 fully saturated rings. The predicted molar refractivity (Wildman–Crippen MR) is 89.3 cm³/mol. The molecule has 0 unspecified atom stereocenters. The number of aromatic nitrogens is 1. The van der Waals surface area contributed by atoms with E-state index in [0.29, 0.717) is 23.0 Å². The highest BCUT2D eigenvalue weighted by molar-refractivity contribution is 7.13. The van der Waals surface area contributed by atoms with Crippen LogP contribution in [0.25, 0.3) is 10.8 Å². The van der Waals surface area contributed by atoms with Crippen LogP contribution in [-0.4, -0.2) is 40.3 Å². The molecule has 0 spiro atoms. The Labute approximate surface area is 139 Å². The SMILES string of the molecule is CCN(CC(=O)NC(C)(C)C)C(=O)c1csc(-c2ccco2)n1. The van der Waals surface area contributed by atoms with Gasteiger partial charge in [-0.05, 0) is 39.8 Å². The van der Waals surface area contributed by atoms with Crippen molar-refractivity contribution in [3.8, 4) is 10.8 Å². The predicted octanol–water partition coefficient (Wildman–Crippen LogP) is 2.78. The van der Waals surface area contributed by atoms with Crippen LogP contribution in [0.1, 0.15) is 38.2 Å². The van der Waals surface area contributed by atoms with Crippen molar-refractivity contribution in [1.29, 1.82) is 0 Å². The molecule has 0 aromatic carbocycles. The fourth-order valence-corrected chi connectivity index (χ4v) is 2.77. The number of nitrogens with zero attached hydrogens (tertiary/aromatic N) is 2. The number of hydrogen-bond acceptors (Lipinski definition) is 5. The number of hydrogen-bond donors (Lipinski definition) is 1. The third-order valence-corrected chi connectivity index (χ3v) is 3.83. The zero-order valence-electron chi connectivity index (χ0n) is 13.8. The highest BCUT2D eigenvalue weighted by Gasteiger charge is 2.22. The molecule has 0 saturated carbocycles. The molecule has 6 nitrogen and oxygen atoms in total. The molecule has 2 amide bonds. The second kappa shape index (κ2) is 6.95. The maximum absolute atomic E-state index is 12.5. The van der Waals surface area contributed by atoms with Crippen molar-refractivity contribution in [3.63, 3.8) is 0 Å². The number of thiazole rings is 1. The lowest BCUT2D eigenvalue weighted by atomic mass is 10.1. The van der Waals surface area contributed by atoms with Crippen molar-refractivity contribution in [2.24, 2.45) is 0 Å². The summed E-state index contributed by atoms with van der Waals surface area (Å²) in [5, 5.41) is 5.18. The maximum atomic E-state index is 12.5. The van der Waals surface area contributed by atoms with Crippen molar-refractivity contribution < 1.29 is 14.0 Å². The summed E-state index contributed by atoms with van der Waals surface area (Å²) in [6.45, 7) is 7.99. The fraction of sp³-hybridized carbons (Fsp3) is 0.438. The molecular weight excluding hydrogens is 314 g/mol. The van der Waals surface area contributed by atoms with E-state index in [1.165, 1.54) is 16.2 Å². The second-order valence-electron chi connectivity index (χ2n) is 6.13. The van der Waals surface area contributed by atoms with Crippen molar-refractivity contribution in [2.45, 2.75) is 33.2 Å².